The maximum atomic E-state index is 13.6. The molecular formula is C11H15FNP. The molecule has 1 aromatic carbocycles. The summed E-state index contributed by atoms with van der Waals surface area (Å²) < 4.78 is 13.6. The zero-order valence-electron chi connectivity index (χ0n) is 8.39. The molecule has 2 rings (SSSR count). The summed E-state index contributed by atoms with van der Waals surface area (Å²) in [5.74, 6) is -0.0739. The molecule has 1 aliphatic rings. The Morgan fingerprint density at radius 3 is 2.64 bits per heavy atom. The van der Waals surface area contributed by atoms with Gasteiger partial charge in [0.05, 0.1) is 5.69 Å². The molecule has 1 nitrogen and oxygen atoms in total. The lowest BCUT2D eigenvalue weighted by Crippen LogP contribution is -2.32. The van der Waals surface area contributed by atoms with Gasteiger partial charge in [0.15, 0.2) is 0 Å². The highest BCUT2D eigenvalue weighted by Gasteiger charge is 2.13. The molecule has 1 aliphatic heterocycles. The molecule has 1 fully saturated rings. The third kappa shape index (κ3) is 2.06. The van der Waals surface area contributed by atoms with E-state index in [2.05, 4.69) is 4.90 Å². The number of rotatable bonds is 1. The average Bonchev–Trinajstić information content (AvgIpc) is 2.19. The Hall–Kier alpha value is -0.620. The van der Waals surface area contributed by atoms with Gasteiger partial charge in [0.1, 0.15) is 5.82 Å². The zero-order chi connectivity index (χ0) is 9.97. The minimum absolute atomic E-state index is 0.0739. The third-order valence-corrected chi connectivity index (χ3v) is 3.72. The molecule has 1 saturated heterocycles. The summed E-state index contributed by atoms with van der Waals surface area (Å²) in [4.78, 5) is 2.16. The first-order valence-electron chi connectivity index (χ1n) is 4.99. The van der Waals surface area contributed by atoms with E-state index in [1.165, 1.54) is 12.3 Å². The van der Waals surface area contributed by atoms with E-state index >= 15 is 0 Å². The summed E-state index contributed by atoms with van der Waals surface area (Å²) in [6.45, 7) is 3.95. The molecule has 0 radical (unpaired) electrons. The first-order valence-corrected chi connectivity index (χ1v) is 6.40. The van der Waals surface area contributed by atoms with Gasteiger partial charge in [0.25, 0.3) is 0 Å². The number of hydrogen-bond donors (Lipinski definition) is 0. The first kappa shape index (κ1) is 9.92. The van der Waals surface area contributed by atoms with E-state index in [1.54, 1.807) is 6.07 Å². The molecule has 14 heavy (non-hydrogen) atoms. The number of nitrogens with zero attached hydrogens (tertiary/aromatic N) is 1. The number of anilines is 1. The highest BCUT2D eigenvalue weighted by atomic mass is 31.1. The third-order valence-electron chi connectivity index (χ3n) is 2.56. The van der Waals surface area contributed by atoms with E-state index in [0.717, 1.165) is 32.9 Å². The maximum Gasteiger partial charge on any atom is 0.146 e. The highest BCUT2D eigenvalue weighted by molar-refractivity contribution is 7.38. The summed E-state index contributed by atoms with van der Waals surface area (Å²) in [6, 6.07) is 5.50. The van der Waals surface area contributed by atoms with Crippen molar-refractivity contribution in [1.29, 1.82) is 0 Å². The topological polar surface area (TPSA) is 3.24 Å². The molecule has 0 aromatic heterocycles. The fourth-order valence-electron chi connectivity index (χ4n) is 1.77. The Labute approximate surface area is 86.1 Å². The Balaban J connectivity index is 2.22. The number of aryl methyl sites for hydroxylation is 1. The van der Waals surface area contributed by atoms with Crippen LogP contribution in [0.15, 0.2) is 18.2 Å². The summed E-state index contributed by atoms with van der Waals surface area (Å²) >= 11 is 0. The highest BCUT2D eigenvalue weighted by Crippen LogP contribution is 2.25. The van der Waals surface area contributed by atoms with Gasteiger partial charge < -0.3 is 4.90 Å². The van der Waals surface area contributed by atoms with Crippen LogP contribution in [0.4, 0.5) is 10.1 Å². The summed E-state index contributed by atoms with van der Waals surface area (Å²) in [5, 5.41) is 0. The summed E-state index contributed by atoms with van der Waals surface area (Å²) in [7, 11) is 1.06. The second kappa shape index (κ2) is 4.27. The molecule has 0 N–H and O–H groups in total. The molecule has 0 spiro atoms. The van der Waals surface area contributed by atoms with Gasteiger partial charge in [-0.05, 0) is 36.9 Å². The molecule has 0 bridgehead atoms. The summed E-state index contributed by atoms with van der Waals surface area (Å²) in [5.41, 5.74) is 1.77. The lowest BCUT2D eigenvalue weighted by atomic mass is 10.2. The fraction of sp³-hybridized carbons (Fsp3) is 0.455. The Morgan fingerprint density at radius 1 is 1.29 bits per heavy atom. The van der Waals surface area contributed by atoms with Crippen molar-refractivity contribution in [2.45, 2.75) is 6.92 Å². The smallest absolute Gasteiger partial charge is 0.146 e. The predicted molar refractivity (Wildman–Crippen MR) is 61.4 cm³/mol. The molecule has 0 atom stereocenters. The van der Waals surface area contributed by atoms with E-state index in [9.17, 15) is 4.39 Å². The van der Waals surface area contributed by atoms with Gasteiger partial charge in [-0.15, -0.1) is 8.58 Å². The Morgan fingerprint density at radius 2 is 2.00 bits per heavy atom. The molecule has 0 amide bonds. The molecule has 0 unspecified atom stereocenters. The van der Waals surface area contributed by atoms with Crippen LogP contribution in [0.3, 0.4) is 0 Å². The maximum absolute atomic E-state index is 13.6. The Bertz CT molecular complexity index is 321. The second-order valence-electron chi connectivity index (χ2n) is 3.69. The number of hydrogen-bond acceptors (Lipinski definition) is 1. The van der Waals surface area contributed by atoms with Crippen molar-refractivity contribution >= 4 is 14.3 Å². The molecule has 76 valence electrons. The van der Waals surface area contributed by atoms with Gasteiger partial charge in [0.2, 0.25) is 0 Å². The van der Waals surface area contributed by atoms with Crippen LogP contribution in [-0.2, 0) is 0 Å². The minimum Gasteiger partial charge on any atom is -0.368 e. The van der Waals surface area contributed by atoms with E-state index in [1.807, 2.05) is 19.1 Å². The van der Waals surface area contributed by atoms with Crippen molar-refractivity contribution in [3.63, 3.8) is 0 Å². The van der Waals surface area contributed by atoms with Crippen molar-refractivity contribution in [2.75, 3.05) is 30.3 Å². The normalized spacial score (nSPS) is 17.1. The van der Waals surface area contributed by atoms with Crippen molar-refractivity contribution < 1.29 is 4.39 Å². The second-order valence-corrected chi connectivity index (χ2v) is 5.19. The molecule has 3 heteroatoms. The minimum atomic E-state index is -0.0739. The number of benzene rings is 1. The van der Waals surface area contributed by atoms with E-state index in [-0.39, 0.29) is 5.82 Å². The quantitative estimate of drug-likeness (QED) is 0.645. The van der Waals surface area contributed by atoms with Crippen LogP contribution < -0.4 is 4.90 Å². The molecule has 0 aliphatic carbocycles. The zero-order valence-corrected chi connectivity index (χ0v) is 9.39. The van der Waals surface area contributed by atoms with E-state index in [4.69, 9.17) is 0 Å². The Kier molecular flexibility index (Phi) is 3.02. The first-order chi connectivity index (χ1) is 6.77. The fourth-order valence-corrected chi connectivity index (χ4v) is 2.88. The van der Waals surface area contributed by atoms with Crippen molar-refractivity contribution in [2.24, 2.45) is 0 Å². The van der Waals surface area contributed by atoms with Crippen molar-refractivity contribution in [3.8, 4) is 0 Å². The molecule has 0 saturated carbocycles. The standard InChI is InChI=1S/C11H15FNP/c1-9-2-3-11(10(12)8-9)13-4-6-14-7-5-13/h2-3,8,14H,4-7H2,1H3. The van der Waals surface area contributed by atoms with Crippen molar-refractivity contribution in [1.82, 2.24) is 0 Å². The van der Waals surface area contributed by atoms with Crippen LogP contribution in [0, 0.1) is 12.7 Å². The van der Waals surface area contributed by atoms with E-state index in [0.29, 0.717) is 0 Å². The van der Waals surface area contributed by atoms with Gasteiger partial charge in [0, 0.05) is 13.1 Å². The predicted octanol–water partition coefficient (Wildman–Crippen LogP) is 2.63. The van der Waals surface area contributed by atoms with Gasteiger partial charge in [-0.1, -0.05) is 6.07 Å². The van der Waals surface area contributed by atoms with Crippen LogP contribution in [0.1, 0.15) is 5.56 Å². The van der Waals surface area contributed by atoms with Gasteiger partial charge >= 0.3 is 0 Å². The largest absolute Gasteiger partial charge is 0.368 e. The molecule has 1 aromatic rings. The lowest BCUT2D eigenvalue weighted by Gasteiger charge is -2.29. The van der Waals surface area contributed by atoms with Gasteiger partial charge in [-0.25, -0.2) is 4.39 Å². The van der Waals surface area contributed by atoms with Crippen LogP contribution in [-0.4, -0.2) is 25.4 Å². The van der Waals surface area contributed by atoms with Crippen LogP contribution in [0.25, 0.3) is 0 Å². The lowest BCUT2D eigenvalue weighted by molar-refractivity contribution is 0.618. The van der Waals surface area contributed by atoms with Gasteiger partial charge in [-0.2, -0.15) is 0 Å². The summed E-state index contributed by atoms with van der Waals surface area (Å²) in [6.07, 6.45) is 2.43. The molecule has 1 heterocycles. The van der Waals surface area contributed by atoms with Crippen molar-refractivity contribution in [3.05, 3.63) is 29.6 Å². The number of halogens is 1. The SMILES string of the molecule is Cc1ccc(N2CCPCC2)c(F)c1. The van der Waals surface area contributed by atoms with E-state index < -0.39 is 0 Å². The molecular weight excluding hydrogens is 196 g/mol. The van der Waals surface area contributed by atoms with Crippen LogP contribution >= 0.6 is 8.58 Å². The average molecular weight is 211 g/mol. The monoisotopic (exact) mass is 211 g/mol. The van der Waals surface area contributed by atoms with Crippen LogP contribution in [0.2, 0.25) is 0 Å². The van der Waals surface area contributed by atoms with Gasteiger partial charge in [-0.3, -0.25) is 0 Å². The van der Waals surface area contributed by atoms with Crippen LogP contribution in [0.5, 0.6) is 0 Å².